The van der Waals surface area contributed by atoms with Gasteiger partial charge in [-0.1, -0.05) is 53.5 Å². The van der Waals surface area contributed by atoms with Gasteiger partial charge in [-0.2, -0.15) is 0 Å². The molecule has 0 amide bonds. The van der Waals surface area contributed by atoms with Gasteiger partial charge in [-0.25, -0.2) is 0 Å². The molecule has 0 fully saturated rings. The van der Waals surface area contributed by atoms with Gasteiger partial charge in [-0.15, -0.1) is 0 Å². The molecule has 0 unspecified atom stereocenters. The predicted molar refractivity (Wildman–Crippen MR) is 120 cm³/mol. The Morgan fingerprint density at radius 3 is 1.67 bits per heavy atom. The van der Waals surface area contributed by atoms with E-state index in [4.69, 9.17) is 4.42 Å². The molecule has 27 heavy (non-hydrogen) atoms. The van der Waals surface area contributed by atoms with Gasteiger partial charge in [0, 0.05) is 0 Å². The average molecular weight is 369 g/mol. The van der Waals surface area contributed by atoms with Crippen LogP contribution in [0.4, 0.5) is 0 Å². The fourth-order valence-corrected chi connectivity index (χ4v) is 3.01. The highest BCUT2D eigenvalue weighted by molar-refractivity contribution is 5.09. The van der Waals surface area contributed by atoms with Gasteiger partial charge in [-0.3, -0.25) is 0 Å². The first-order chi connectivity index (χ1) is 13.0. The molecule has 1 heterocycles. The molecule has 150 valence electrons. The molecule has 1 aromatic heterocycles. The molecule has 0 bridgehead atoms. The lowest BCUT2D eigenvalue weighted by Gasteiger charge is -2.03. The molecule has 0 spiro atoms. The molecule has 0 aliphatic heterocycles. The second kappa shape index (κ2) is 14.3. The number of rotatable bonds is 13. The predicted octanol–water partition coefficient (Wildman–Crippen LogP) is 8.75. The van der Waals surface area contributed by atoms with Crippen molar-refractivity contribution in [3.05, 3.63) is 70.8 Å². The van der Waals surface area contributed by atoms with E-state index < -0.39 is 0 Å². The van der Waals surface area contributed by atoms with Crippen LogP contribution >= 0.6 is 0 Å². The summed E-state index contributed by atoms with van der Waals surface area (Å²) in [6, 6.07) is 2.05. The van der Waals surface area contributed by atoms with Crippen LogP contribution in [-0.4, -0.2) is 0 Å². The van der Waals surface area contributed by atoms with Crippen molar-refractivity contribution in [1.82, 2.24) is 0 Å². The van der Waals surface area contributed by atoms with E-state index in [-0.39, 0.29) is 0 Å². The molecule has 0 saturated heterocycles. The Morgan fingerprint density at radius 1 is 0.741 bits per heavy atom. The van der Waals surface area contributed by atoms with Crippen LogP contribution < -0.4 is 0 Å². The molecule has 0 N–H and O–H groups in total. The van der Waals surface area contributed by atoms with E-state index in [1.807, 2.05) is 12.3 Å². The summed E-state index contributed by atoms with van der Waals surface area (Å²) in [6.45, 7) is 11.2. The van der Waals surface area contributed by atoms with Crippen molar-refractivity contribution in [3.8, 4) is 0 Å². The Balaban J connectivity index is 2.19. The zero-order chi connectivity index (χ0) is 19.9. The van der Waals surface area contributed by atoms with E-state index in [1.165, 1.54) is 66.4 Å². The first-order valence-corrected chi connectivity index (χ1v) is 10.6. The second-order valence-corrected chi connectivity index (χ2v) is 7.84. The molecule has 0 aromatic carbocycles. The van der Waals surface area contributed by atoms with Gasteiger partial charge < -0.3 is 4.42 Å². The summed E-state index contributed by atoms with van der Waals surface area (Å²) in [7, 11) is 0. The van der Waals surface area contributed by atoms with E-state index in [2.05, 4.69) is 58.9 Å². The third-order valence-corrected chi connectivity index (χ3v) is 5.16. The van der Waals surface area contributed by atoms with Crippen LogP contribution in [0.5, 0.6) is 0 Å². The highest BCUT2D eigenvalue weighted by Gasteiger charge is 1.95. The topological polar surface area (TPSA) is 13.1 Å². The van der Waals surface area contributed by atoms with Gasteiger partial charge in [0.05, 0.1) is 12.5 Å². The highest BCUT2D eigenvalue weighted by Crippen LogP contribution is 2.14. The summed E-state index contributed by atoms with van der Waals surface area (Å²) in [6.07, 6.45) is 23.6. The van der Waals surface area contributed by atoms with E-state index in [0.717, 1.165) is 19.3 Å². The molecule has 0 atom stereocenters. The summed E-state index contributed by atoms with van der Waals surface area (Å²) >= 11 is 0. The minimum Gasteiger partial charge on any atom is -0.472 e. The zero-order valence-electron chi connectivity index (χ0n) is 18.3. The Hall–Kier alpha value is -1.76. The normalized spacial score (nSPS) is 14.1. The molecular weight excluding hydrogens is 328 g/mol. The summed E-state index contributed by atoms with van der Waals surface area (Å²) in [5.74, 6) is 0. The van der Waals surface area contributed by atoms with Crippen molar-refractivity contribution >= 4 is 0 Å². The van der Waals surface area contributed by atoms with Crippen LogP contribution in [0.2, 0.25) is 0 Å². The lowest BCUT2D eigenvalue weighted by molar-refractivity contribution is 0.564. The maximum atomic E-state index is 5.11. The van der Waals surface area contributed by atoms with Crippen molar-refractivity contribution in [1.29, 1.82) is 0 Å². The van der Waals surface area contributed by atoms with Gasteiger partial charge in [0.15, 0.2) is 0 Å². The molecular formula is C26H40O. The first-order valence-electron chi connectivity index (χ1n) is 10.6. The second-order valence-electron chi connectivity index (χ2n) is 7.84. The molecule has 1 rings (SSSR count). The number of allylic oxidation sites excluding steroid dienone is 8. The number of hydrogen-bond donors (Lipinski definition) is 0. The van der Waals surface area contributed by atoms with Gasteiger partial charge in [-0.05, 0) is 97.1 Å². The summed E-state index contributed by atoms with van der Waals surface area (Å²) in [5, 5.41) is 0. The van der Waals surface area contributed by atoms with E-state index in [0.29, 0.717) is 0 Å². The number of furan rings is 1. The molecule has 0 aliphatic rings. The van der Waals surface area contributed by atoms with Crippen molar-refractivity contribution in [2.24, 2.45) is 0 Å². The summed E-state index contributed by atoms with van der Waals surface area (Å²) in [5.41, 5.74) is 7.34. The van der Waals surface area contributed by atoms with E-state index in [1.54, 1.807) is 6.26 Å². The third kappa shape index (κ3) is 12.3. The molecule has 1 heteroatoms. The standard InChI is InChI=1S/C26H40O/c1-6-22(2)11-7-12-23(3)13-8-14-24(4)15-9-16-25(5)17-10-18-26-19-20-27-21-26/h11,13,15,17,19-21H,6-10,12,14,16,18H2,1-5H3/b22-11+,23-13+,24-15+,25-17+. The number of aryl methyl sites for hydroxylation is 1. The van der Waals surface area contributed by atoms with Crippen molar-refractivity contribution in [3.63, 3.8) is 0 Å². The molecule has 1 nitrogen and oxygen atoms in total. The molecule has 0 aliphatic carbocycles. The van der Waals surface area contributed by atoms with E-state index >= 15 is 0 Å². The van der Waals surface area contributed by atoms with Crippen LogP contribution in [0.3, 0.4) is 0 Å². The molecule has 1 aromatic rings. The van der Waals surface area contributed by atoms with Crippen LogP contribution in [0.25, 0.3) is 0 Å². The first kappa shape index (κ1) is 23.3. The van der Waals surface area contributed by atoms with Crippen molar-refractivity contribution in [2.75, 3.05) is 0 Å². The van der Waals surface area contributed by atoms with Crippen LogP contribution in [0, 0.1) is 0 Å². The molecule has 0 radical (unpaired) electrons. The SMILES string of the molecule is CC/C(C)=C/CC/C(C)=C/CC/C(C)=C/CC/C(C)=C/CCc1ccoc1. The minimum atomic E-state index is 1.07. The maximum Gasteiger partial charge on any atom is 0.0934 e. The van der Waals surface area contributed by atoms with Crippen LogP contribution in [0.1, 0.15) is 91.5 Å². The van der Waals surface area contributed by atoms with Crippen molar-refractivity contribution < 1.29 is 4.42 Å². The van der Waals surface area contributed by atoms with Crippen LogP contribution in [0.15, 0.2) is 69.6 Å². The lowest BCUT2D eigenvalue weighted by atomic mass is 10.0. The number of hydrogen-bond acceptors (Lipinski definition) is 1. The summed E-state index contributed by atoms with van der Waals surface area (Å²) in [4.78, 5) is 0. The van der Waals surface area contributed by atoms with Gasteiger partial charge >= 0.3 is 0 Å². The summed E-state index contributed by atoms with van der Waals surface area (Å²) < 4.78 is 5.11. The quantitative estimate of drug-likeness (QED) is 0.317. The average Bonchev–Trinajstić information content (AvgIpc) is 3.15. The Morgan fingerprint density at radius 2 is 1.22 bits per heavy atom. The highest BCUT2D eigenvalue weighted by atomic mass is 16.3. The van der Waals surface area contributed by atoms with E-state index in [9.17, 15) is 0 Å². The van der Waals surface area contributed by atoms with Crippen LogP contribution in [-0.2, 0) is 6.42 Å². The fraction of sp³-hybridized carbons (Fsp3) is 0.538. The Bertz CT molecular complexity index is 623. The fourth-order valence-electron chi connectivity index (χ4n) is 3.01. The van der Waals surface area contributed by atoms with Gasteiger partial charge in [0.2, 0.25) is 0 Å². The van der Waals surface area contributed by atoms with Gasteiger partial charge in [0.25, 0.3) is 0 Å². The van der Waals surface area contributed by atoms with Crippen molar-refractivity contribution in [2.45, 2.75) is 92.4 Å². The minimum absolute atomic E-state index is 1.07. The Labute approximate surface area is 167 Å². The lowest BCUT2D eigenvalue weighted by Crippen LogP contribution is -1.83. The molecule has 0 saturated carbocycles. The smallest absolute Gasteiger partial charge is 0.0934 e. The third-order valence-electron chi connectivity index (χ3n) is 5.16. The zero-order valence-corrected chi connectivity index (χ0v) is 18.3. The largest absolute Gasteiger partial charge is 0.472 e. The van der Waals surface area contributed by atoms with Gasteiger partial charge in [0.1, 0.15) is 0 Å². The monoisotopic (exact) mass is 368 g/mol. The Kier molecular flexibility index (Phi) is 12.3. The maximum absolute atomic E-state index is 5.11.